The van der Waals surface area contributed by atoms with Gasteiger partial charge in [-0.3, -0.25) is 5.41 Å². The summed E-state index contributed by atoms with van der Waals surface area (Å²) in [5.41, 5.74) is 6.33. The van der Waals surface area contributed by atoms with E-state index in [-0.39, 0.29) is 23.6 Å². The Hall–Kier alpha value is -1.62. The molecule has 0 saturated carbocycles. The molecule has 0 aliphatic carbocycles. The summed E-state index contributed by atoms with van der Waals surface area (Å²) in [4.78, 5) is 2.03. The second-order valence-corrected chi connectivity index (χ2v) is 4.71. The minimum absolute atomic E-state index is 0.0804. The van der Waals surface area contributed by atoms with Gasteiger partial charge in [0.05, 0.1) is 23.5 Å². The summed E-state index contributed by atoms with van der Waals surface area (Å²) in [6.07, 6.45) is 0.161. The summed E-state index contributed by atoms with van der Waals surface area (Å²) < 4.78 is 19.4. The van der Waals surface area contributed by atoms with Gasteiger partial charge in [0.1, 0.15) is 11.7 Å². The Kier molecular flexibility index (Phi) is 3.52. The molecule has 0 aromatic heterocycles. The van der Waals surface area contributed by atoms with Crippen molar-refractivity contribution in [3.8, 4) is 0 Å². The van der Waals surface area contributed by atoms with Crippen LogP contribution in [0.3, 0.4) is 0 Å². The maximum absolute atomic E-state index is 13.8. The zero-order chi connectivity index (χ0) is 13.3. The lowest BCUT2D eigenvalue weighted by atomic mass is 10.1. The maximum atomic E-state index is 13.8. The van der Waals surface area contributed by atoms with Gasteiger partial charge in [-0.25, -0.2) is 4.39 Å². The van der Waals surface area contributed by atoms with Crippen LogP contribution in [-0.2, 0) is 4.74 Å². The fourth-order valence-corrected chi connectivity index (χ4v) is 2.42. The van der Waals surface area contributed by atoms with Crippen molar-refractivity contribution in [2.75, 3.05) is 18.0 Å². The zero-order valence-electron chi connectivity index (χ0n) is 10.6. The van der Waals surface area contributed by atoms with Crippen molar-refractivity contribution in [2.45, 2.75) is 26.1 Å². The van der Waals surface area contributed by atoms with Crippen LogP contribution in [0.1, 0.15) is 19.4 Å². The van der Waals surface area contributed by atoms with Gasteiger partial charge in [0.25, 0.3) is 0 Å². The number of benzene rings is 1. The lowest BCUT2D eigenvalue weighted by Crippen LogP contribution is -2.46. The number of anilines is 1. The van der Waals surface area contributed by atoms with Crippen LogP contribution in [0.4, 0.5) is 10.1 Å². The first kappa shape index (κ1) is 12.8. The number of amidine groups is 1. The highest BCUT2D eigenvalue weighted by Crippen LogP contribution is 2.26. The molecule has 4 nitrogen and oxygen atoms in total. The van der Waals surface area contributed by atoms with Crippen molar-refractivity contribution in [1.82, 2.24) is 0 Å². The Bertz CT molecular complexity index is 454. The summed E-state index contributed by atoms with van der Waals surface area (Å²) in [5, 5.41) is 7.52. The van der Waals surface area contributed by atoms with Crippen molar-refractivity contribution in [3.63, 3.8) is 0 Å². The average Bonchev–Trinajstić information content (AvgIpc) is 2.26. The average molecular weight is 251 g/mol. The van der Waals surface area contributed by atoms with Gasteiger partial charge in [0, 0.05) is 13.1 Å². The quantitative estimate of drug-likeness (QED) is 0.621. The Morgan fingerprint density at radius 3 is 2.56 bits per heavy atom. The fourth-order valence-electron chi connectivity index (χ4n) is 2.42. The van der Waals surface area contributed by atoms with E-state index in [0.29, 0.717) is 18.8 Å². The Balaban J connectivity index is 2.38. The number of hydrogen-bond donors (Lipinski definition) is 2. The van der Waals surface area contributed by atoms with Crippen LogP contribution in [0.15, 0.2) is 18.2 Å². The van der Waals surface area contributed by atoms with E-state index in [9.17, 15) is 4.39 Å². The standard InChI is InChI=1S/C13H18FN3O/c1-8-6-17(7-9(2)18-8)11-5-3-4-10(14)12(11)13(15)16/h3-5,8-9H,6-7H2,1-2H3,(H3,15,16). The molecule has 1 aliphatic rings. The summed E-state index contributed by atoms with van der Waals surface area (Å²) in [6, 6.07) is 4.76. The molecule has 0 radical (unpaired) electrons. The molecule has 0 spiro atoms. The smallest absolute Gasteiger partial charge is 0.136 e. The van der Waals surface area contributed by atoms with Crippen LogP contribution in [0.25, 0.3) is 0 Å². The molecule has 1 heterocycles. The van der Waals surface area contributed by atoms with E-state index in [2.05, 4.69) is 0 Å². The highest BCUT2D eigenvalue weighted by atomic mass is 19.1. The van der Waals surface area contributed by atoms with Crippen LogP contribution < -0.4 is 10.6 Å². The number of nitrogen functional groups attached to an aromatic ring is 1. The Morgan fingerprint density at radius 2 is 2.00 bits per heavy atom. The molecule has 5 heteroatoms. The second-order valence-electron chi connectivity index (χ2n) is 4.71. The van der Waals surface area contributed by atoms with Gasteiger partial charge in [-0.1, -0.05) is 6.07 Å². The summed E-state index contributed by atoms with van der Waals surface area (Å²) in [6.45, 7) is 5.31. The monoisotopic (exact) mass is 251 g/mol. The third-order valence-corrected chi connectivity index (χ3v) is 3.02. The number of rotatable bonds is 2. The van der Waals surface area contributed by atoms with Gasteiger partial charge in [-0.15, -0.1) is 0 Å². The van der Waals surface area contributed by atoms with Gasteiger partial charge < -0.3 is 15.4 Å². The van der Waals surface area contributed by atoms with Crippen LogP contribution in [0, 0.1) is 11.2 Å². The molecule has 0 amide bonds. The molecule has 2 rings (SSSR count). The zero-order valence-corrected chi connectivity index (χ0v) is 10.6. The molecular weight excluding hydrogens is 233 g/mol. The first-order valence-corrected chi connectivity index (χ1v) is 6.02. The van der Waals surface area contributed by atoms with E-state index in [4.69, 9.17) is 15.9 Å². The highest BCUT2D eigenvalue weighted by Gasteiger charge is 2.25. The Morgan fingerprint density at radius 1 is 1.39 bits per heavy atom. The molecule has 1 fully saturated rings. The van der Waals surface area contributed by atoms with E-state index in [1.807, 2.05) is 18.7 Å². The van der Waals surface area contributed by atoms with E-state index < -0.39 is 5.82 Å². The van der Waals surface area contributed by atoms with Crippen molar-refractivity contribution in [2.24, 2.45) is 5.73 Å². The van der Waals surface area contributed by atoms with Gasteiger partial charge in [0.2, 0.25) is 0 Å². The number of morpholine rings is 1. The van der Waals surface area contributed by atoms with Gasteiger partial charge in [-0.05, 0) is 26.0 Å². The van der Waals surface area contributed by atoms with Crippen LogP contribution >= 0.6 is 0 Å². The minimum atomic E-state index is -0.452. The number of nitrogens with zero attached hydrogens (tertiary/aromatic N) is 1. The third kappa shape index (κ3) is 2.46. The van der Waals surface area contributed by atoms with E-state index in [0.717, 1.165) is 0 Å². The van der Waals surface area contributed by atoms with Crippen LogP contribution in [0.2, 0.25) is 0 Å². The number of hydrogen-bond acceptors (Lipinski definition) is 3. The molecule has 1 aromatic carbocycles. The SMILES string of the molecule is CC1CN(c2cccc(F)c2C(=N)N)CC(C)O1. The molecule has 1 saturated heterocycles. The number of halogens is 1. The first-order valence-electron chi connectivity index (χ1n) is 6.02. The largest absolute Gasteiger partial charge is 0.384 e. The van der Waals surface area contributed by atoms with Crippen LogP contribution in [0.5, 0.6) is 0 Å². The molecule has 98 valence electrons. The number of nitrogens with two attached hydrogens (primary N) is 1. The Labute approximate surface area is 106 Å². The highest BCUT2D eigenvalue weighted by molar-refractivity contribution is 6.00. The van der Waals surface area contributed by atoms with Crippen molar-refractivity contribution in [3.05, 3.63) is 29.6 Å². The fraction of sp³-hybridized carbons (Fsp3) is 0.462. The van der Waals surface area contributed by atoms with Crippen LogP contribution in [-0.4, -0.2) is 31.1 Å². The van der Waals surface area contributed by atoms with Crippen molar-refractivity contribution < 1.29 is 9.13 Å². The van der Waals surface area contributed by atoms with E-state index >= 15 is 0 Å². The maximum Gasteiger partial charge on any atom is 0.136 e. The predicted octanol–water partition coefficient (Wildman–Crippen LogP) is 1.72. The number of nitrogens with one attached hydrogen (secondary N) is 1. The molecule has 2 atom stereocenters. The van der Waals surface area contributed by atoms with Gasteiger partial charge in [-0.2, -0.15) is 0 Å². The van der Waals surface area contributed by atoms with Gasteiger partial charge >= 0.3 is 0 Å². The number of ether oxygens (including phenoxy) is 1. The van der Waals surface area contributed by atoms with Gasteiger partial charge in [0.15, 0.2) is 0 Å². The van der Waals surface area contributed by atoms with E-state index in [1.54, 1.807) is 12.1 Å². The van der Waals surface area contributed by atoms with E-state index in [1.165, 1.54) is 6.07 Å². The minimum Gasteiger partial charge on any atom is -0.384 e. The molecule has 2 unspecified atom stereocenters. The molecule has 0 bridgehead atoms. The topological polar surface area (TPSA) is 62.3 Å². The summed E-state index contributed by atoms with van der Waals surface area (Å²) in [7, 11) is 0. The summed E-state index contributed by atoms with van der Waals surface area (Å²) >= 11 is 0. The molecule has 1 aromatic rings. The predicted molar refractivity (Wildman–Crippen MR) is 69.6 cm³/mol. The third-order valence-electron chi connectivity index (χ3n) is 3.02. The summed E-state index contributed by atoms with van der Waals surface area (Å²) in [5.74, 6) is -0.693. The molecular formula is C13H18FN3O. The lowest BCUT2D eigenvalue weighted by Gasteiger charge is -2.37. The lowest BCUT2D eigenvalue weighted by molar-refractivity contribution is -0.00524. The normalized spacial score (nSPS) is 24.1. The van der Waals surface area contributed by atoms with Crippen molar-refractivity contribution >= 4 is 11.5 Å². The molecule has 18 heavy (non-hydrogen) atoms. The molecule has 1 aliphatic heterocycles. The first-order chi connectivity index (χ1) is 8.49. The molecule has 3 N–H and O–H groups in total. The van der Waals surface area contributed by atoms with Crippen molar-refractivity contribution in [1.29, 1.82) is 5.41 Å². The second kappa shape index (κ2) is 4.94.